The number of amides is 1. The molecule has 0 heterocycles. The maximum atomic E-state index is 12.1. The number of carbonyl (C=O) groups excluding carboxylic acids is 1. The Labute approximate surface area is 97.8 Å². The summed E-state index contributed by atoms with van der Waals surface area (Å²) >= 11 is 0. The molecule has 1 rings (SSSR count). The molecule has 0 radical (unpaired) electrons. The van der Waals surface area contributed by atoms with Crippen LogP contribution in [0.5, 0.6) is 5.75 Å². The van der Waals surface area contributed by atoms with Crippen molar-refractivity contribution in [1.29, 1.82) is 0 Å². The minimum atomic E-state index is -2.97. The van der Waals surface area contributed by atoms with Gasteiger partial charge in [0.2, 0.25) is 0 Å². The summed E-state index contributed by atoms with van der Waals surface area (Å²) in [4.78, 5) is 11.6. The highest BCUT2D eigenvalue weighted by Crippen LogP contribution is 2.24. The van der Waals surface area contributed by atoms with E-state index < -0.39 is 6.61 Å². The molecule has 0 aliphatic carbocycles. The predicted molar refractivity (Wildman–Crippen MR) is 60.1 cm³/mol. The second kappa shape index (κ2) is 5.47. The molecule has 1 amide bonds. The minimum absolute atomic E-state index is 0.0421. The van der Waals surface area contributed by atoms with Crippen LogP contribution in [0.25, 0.3) is 0 Å². The van der Waals surface area contributed by atoms with E-state index in [4.69, 9.17) is 5.73 Å². The van der Waals surface area contributed by atoms with E-state index in [1.165, 1.54) is 18.2 Å². The summed E-state index contributed by atoms with van der Waals surface area (Å²) in [5.41, 5.74) is 5.74. The van der Waals surface area contributed by atoms with Gasteiger partial charge in [-0.2, -0.15) is 8.78 Å². The Kier molecular flexibility index (Phi) is 4.25. The molecule has 1 aromatic carbocycles. The summed E-state index contributed by atoms with van der Waals surface area (Å²) in [6.45, 7) is 0.623. The minimum Gasteiger partial charge on any atom is -0.433 e. The summed E-state index contributed by atoms with van der Waals surface area (Å²) in [5, 5.41) is 2.64. The zero-order chi connectivity index (χ0) is 13.0. The van der Waals surface area contributed by atoms with Crippen molar-refractivity contribution in [2.75, 3.05) is 5.73 Å². The number of halogens is 2. The molecule has 4 nitrogen and oxygen atoms in total. The van der Waals surface area contributed by atoms with Crippen molar-refractivity contribution in [3.63, 3.8) is 0 Å². The third kappa shape index (κ3) is 3.90. The Hall–Kier alpha value is -1.85. The first-order chi connectivity index (χ1) is 7.90. The SMILES string of the molecule is CC(C)NC(=O)c1ccc(N)c(OC(F)F)c1. The maximum absolute atomic E-state index is 12.1. The Morgan fingerprint density at radius 2 is 2.06 bits per heavy atom. The molecule has 94 valence electrons. The molecule has 0 aromatic heterocycles. The first-order valence-electron chi connectivity index (χ1n) is 5.05. The lowest BCUT2D eigenvalue weighted by molar-refractivity contribution is -0.0493. The standard InChI is InChI=1S/C11H14F2N2O2/c1-6(2)15-10(16)7-3-4-8(14)9(5-7)17-11(12)13/h3-6,11H,14H2,1-2H3,(H,15,16). The Morgan fingerprint density at radius 3 is 2.59 bits per heavy atom. The number of nitrogens with two attached hydrogens (primary N) is 1. The van der Waals surface area contributed by atoms with E-state index in [1.807, 2.05) is 0 Å². The van der Waals surface area contributed by atoms with Crippen LogP contribution in [-0.2, 0) is 0 Å². The van der Waals surface area contributed by atoms with Gasteiger partial charge in [0, 0.05) is 11.6 Å². The summed E-state index contributed by atoms with van der Waals surface area (Å²) in [7, 11) is 0. The number of rotatable bonds is 4. The Bertz CT molecular complexity index is 408. The van der Waals surface area contributed by atoms with Gasteiger partial charge in [-0.15, -0.1) is 0 Å². The molecule has 6 heteroatoms. The molecule has 0 saturated carbocycles. The van der Waals surface area contributed by atoms with Crippen molar-refractivity contribution < 1.29 is 18.3 Å². The van der Waals surface area contributed by atoms with Gasteiger partial charge in [-0.1, -0.05) is 0 Å². The van der Waals surface area contributed by atoms with Crippen molar-refractivity contribution >= 4 is 11.6 Å². The number of benzene rings is 1. The second-order valence-corrected chi connectivity index (χ2v) is 3.76. The van der Waals surface area contributed by atoms with Gasteiger partial charge in [0.1, 0.15) is 5.75 Å². The molecule has 0 bridgehead atoms. The molecule has 17 heavy (non-hydrogen) atoms. The fourth-order valence-electron chi connectivity index (χ4n) is 1.22. The van der Waals surface area contributed by atoms with E-state index >= 15 is 0 Å². The summed E-state index contributed by atoms with van der Waals surface area (Å²) in [6, 6.07) is 3.96. The van der Waals surface area contributed by atoms with Gasteiger partial charge in [0.25, 0.3) is 5.91 Å². The van der Waals surface area contributed by atoms with Crippen molar-refractivity contribution in [3.05, 3.63) is 23.8 Å². The molecule has 0 unspecified atom stereocenters. The molecule has 3 N–H and O–H groups in total. The van der Waals surface area contributed by atoms with Gasteiger partial charge < -0.3 is 15.8 Å². The third-order valence-electron chi connectivity index (χ3n) is 1.91. The first-order valence-corrected chi connectivity index (χ1v) is 5.05. The van der Waals surface area contributed by atoms with E-state index in [2.05, 4.69) is 10.1 Å². The van der Waals surface area contributed by atoms with E-state index in [0.29, 0.717) is 0 Å². The molecule has 0 fully saturated rings. The monoisotopic (exact) mass is 244 g/mol. The fraction of sp³-hybridized carbons (Fsp3) is 0.364. The highest BCUT2D eigenvalue weighted by molar-refractivity contribution is 5.95. The number of hydrogen-bond donors (Lipinski definition) is 2. The highest BCUT2D eigenvalue weighted by Gasteiger charge is 2.12. The van der Waals surface area contributed by atoms with Gasteiger partial charge in [-0.25, -0.2) is 0 Å². The average molecular weight is 244 g/mol. The lowest BCUT2D eigenvalue weighted by Gasteiger charge is -2.11. The summed E-state index contributed by atoms with van der Waals surface area (Å²) in [5.74, 6) is -0.560. The number of carbonyl (C=O) groups is 1. The van der Waals surface area contributed by atoms with Crippen LogP contribution in [0.2, 0.25) is 0 Å². The zero-order valence-electron chi connectivity index (χ0n) is 9.54. The normalized spacial score (nSPS) is 10.7. The number of anilines is 1. The van der Waals surface area contributed by atoms with Crippen molar-refractivity contribution in [1.82, 2.24) is 5.32 Å². The van der Waals surface area contributed by atoms with E-state index in [0.717, 1.165) is 0 Å². The summed E-state index contributed by atoms with van der Waals surface area (Å²) < 4.78 is 28.3. The van der Waals surface area contributed by atoms with Crippen molar-refractivity contribution in [2.24, 2.45) is 0 Å². The molecule has 0 aliphatic rings. The van der Waals surface area contributed by atoms with Gasteiger partial charge in [-0.3, -0.25) is 4.79 Å². The van der Waals surface area contributed by atoms with Crippen LogP contribution in [0.4, 0.5) is 14.5 Å². The van der Waals surface area contributed by atoms with Crippen molar-refractivity contribution in [2.45, 2.75) is 26.5 Å². The number of ether oxygens (including phenoxy) is 1. The van der Waals surface area contributed by atoms with Crippen LogP contribution < -0.4 is 15.8 Å². The van der Waals surface area contributed by atoms with Crippen LogP contribution in [0.15, 0.2) is 18.2 Å². The van der Waals surface area contributed by atoms with Crippen LogP contribution in [0.1, 0.15) is 24.2 Å². The van der Waals surface area contributed by atoms with Gasteiger partial charge in [0.15, 0.2) is 0 Å². The summed E-state index contributed by atoms with van der Waals surface area (Å²) in [6.07, 6.45) is 0. The van der Waals surface area contributed by atoms with E-state index in [1.54, 1.807) is 13.8 Å². The number of nitrogens with one attached hydrogen (secondary N) is 1. The third-order valence-corrected chi connectivity index (χ3v) is 1.91. The van der Waals surface area contributed by atoms with Crippen LogP contribution in [0.3, 0.4) is 0 Å². The molecule has 1 aromatic rings. The molecule has 0 saturated heterocycles. The van der Waals surface area contributed by atoms with Gasteiger partial charge in [-0.05, 0) is 32.0 Å². The first kappa shape index (κ1) is 13.2. The zero-order valence-corrected chi connectivity index (χ0v) is 9.54. The lowest BCUT2D eigenvalue weighted by Crippen LogP contribution is -2.30. The van der Waals surface area contributed by atoms with Gasteiger partial charge >= 0.3 is 6.61 Å². The quantitative estimate of drug-likeness (QED) is 0.796. The van der Waals surface area contributed by atoms with Gasteiger partial charge in [0.05, 0.1) is 5.69 Å². The molecule has 0 atom stereocenters. The average Bonchev–Trinajstić information content (AvgIpc) is 2.19. The largest absolute Gasteiger partial charge is 0.433 e. The molecule has 0 aliphatic heterocycles. The smallest absolute Gasteiger partial charge is 0.387 e. The second-order valence-electron chi connectivity index (χ2n) is 3.76. The van der Waals surface area contributed by atoms with E-state index in [-0.39, 0.29) is 28.9 Å². The molecular weight excluding hydrogens is 230 g/mol. The fourth-order valence-corrected chi connectivity index (χ4v) is 1.22. The number of hydrogen-bond acceptors (Lipinski definition) is 3. The highest BCUT2D eigenvalue weighted by atomic mass is 19.3. The predicted octanol–water partition coefficient (Wildman–Crippen LogP) is 2.01. The lowest BCUT2D eigenvalue weighted by atomic mass is 10.1. The molecular formula is C11H14F2N2O2. The molecule has 0 spiro atoms. The maximum Gasteiger partial charge on any atom is 0.387 e. The van der Waals surface area contributed by atoms with E-state index in [9.17, 15) is 13.6 Å². The van der Waals surface area contributed by atoms with Crippen LogP contribution in [0, 0.1) is 0 Å². The van der Waals surface area contributed by atoms with Crippen LogP contribution >= 0.6 is 0 Å². The Morgan fingerprint density at radius 1 is 1.41 bits per heavy atom. The Balaban J connectivity index is 2.91. The number of alkyl halides is 2. The van der Waals surface area contributed by atoms with Crippen molar-refractivity contribution in [3.8, 4) is 5.75 Å². The van der Waals surface area contributed by atoms with Crippen LogP contribution in [-0.4, -0.2) is 18.6 Å². The number of nitrogen functional groups attached to an aromatic ring is 1. The topological polar surface area (TPSA) is 64.4 Å².